The van der Waals surface area contributed by atoms with E-state index in [0.717, 1.165) is 29.8 Å². The molecule has 3 aromatic rings. The van der Waals surface area contributed by atoms with Crippen molar-refractivity contribution in [3.05, 3.63) is 77.5 Å². The summed E-state index contributed by atoms with van der Waals surface area (Å²) in [5, 5.41) is 9.90. The second-order valence-electron chi connectivity index (χ2n) is 10.5. The van der Waals surface area contributed by atoms with Gasteiger partial charge in [-0.05, 0) is 65.2 Å². The summed E-state index contributed by atoms with van der Waals surface area (Å²) in [6.07, 6.45) is 3.37. The standard InChI is InChI=1S/C27H33NO2Si/c1-27(2,3)31(4,5)23-14-15-24-21(17-23)18-25(19-10-7-6-8-11-19)28(24)22-13-9-12-20(16-22)26(29)30/h6-13,16,18,23H,14-15,17H2,1-5H3,(H,29,30). The Labute approximate surface area is 186 Å². The predicted octanol–water partition coefficient (Wildman–Crippen LogP) is 7.21. The molecule has 0 fully saturated rings. The van der Waals surface area contributed by atoms with Gasteiger partial charge in [0.05, 0.1) is 19.3 Å². The van der Waals surface area contributed by atoms with E-state index in [9.17, 15) is 9.90 Å². The first-order chi connectivity index (χ1) is 14.6. The molecule has 1 aliphatic carbocycles. The van der Waals surface area contributed by atoms with Crippen molar-refractivity contribution in [2.45, 2.75) is 63.7 Å². The minimum Gasteiger partial charge on any atom is -0.478 e. The molecule has 1 atom stereocenters. The van der Waals surface area contributed by atoms with Crippen LogP contribution in [-0.2, 0) is 12.8 Å². The van der Waals surface area contributed by atoms with Crippen LogP contribution in [0.15, 0.2) is 60.7 Å². The number of aromatic carboxylic acids is 1. The molecule has 0 saturated heterocycles. The molecule has 0 spiro atoms. The Hall–Kier alpha value is -2.59. The van der Waals surface area contributed by atoms with E-state index in [1.807, 2.05) is 18.2 Å². The molecule has 4 rings (SSSR count). The van der Waals surface area contributed by atoms with Crippen LogP contribution >= 0.6 is 0 Å². The molecule has 1 heterocycles. The Bertz CT molecular complexity index is 1110. The van der Waals surface area contributed by atoms with Crippen molar-refractivity contribution in [1.82, 2.24) is 4.57 Å². The van der Waals surface area contributed by atoms with Crippen molar-refractivity contribution in [1.29, 1.82) is 0 Å². The fraction of sp³-hybridized carbons (Fsp3) is 0.370. The molecule has 1 aromatic heterocycles. The van der Waals surface area contributed by atoms with Crippen molar-refractivity contribution in [3.63, 3.8) is 0 Å². The zero-order chi connectivity index (χ0) is 22.4. The molecule has 1 unspecified atom stereocenters. The number of carboxylic acids is 1. The Balaban J connectivity index is 1.85. The van der Waals surface area contributed by atoms with Gasteiger partial charge in [0.2, 0.25) is 0 Å². The average Bonchev–Trinajstić information content (AvgIpc) is 3.12. The summed E-state index contributed by atoms with van der Waals surface area (Å²) in [4.78, 5) is 11.6. The monoisotopic (exact) mass is 431 g/mol. The highest BCUT2D eigenvalue weighted by Crippen LogP contribution is 2.49. The van der Waals surface area contributed by atoms with E-state index in [1.165, 1.54) is 23.2 Å². The SMILES string of the molecule is CC(C)(C)[Si](C)(C)C1CCc2c(cc(-c3ccccc3)n2-c2cccc(C(=O)O)c2)C1. The highest BCUT2D eigenvalue weighted by atomic mass is 28.3. The molecular formula is C27H33NO2Si. The predicted molar refractivity (Wildman–Crippen MR) is 131 cm³/mol. The van der Waals surface area contributed by atoms with E-state index in [2.05, 4.69) is 68.8 Å². The first-order valence-corrected chi connectivity index (χ1v) is 14.3. The first kappa shape index (κ1) is 21.6. The molecule has 3 nitrogen and oxygen atoms in total. The number of aromatic nitrogens is 1. The zero-order valence-electron chi connectivity index (χ0n) is 19.3. The first-order valence-electron chi connectivity index (χ1n) is 11.2. The van der Waals surface area contributed by atoms with Gasteiger partial charge in [-0.25, -0.2) is 4.79 Å². The lowest BCUT2D eigenvalue weighted by molar-refractivity contribution is 0.0697. The minimum absolute atomic E-state index is 0.328. The molecule has 0 amide bonds. The number of hydrogen-bond donors (Lipinski definition) is 1. The quantitative estimate of drug-likeness (QED) is 0.443. The molecular weight excluding hydrogens is 398 g/mol. The van der Waals surface area contributed by atoms with Crippen LogP contribution in [0.1, 0.15) is 48.8 Å². The van der Waals surface area contributed by atoms with Crippen LogP contribution in [0.5, 0.6) is 0 Å². The lowest BCUT2D eigenvalue weighted by Gasteiger charge is -2.45. The summed E-state index contributed by atoms with van der Waals surface area (Å²) in [5.41, 5.74) is 7.12. The molecule has 1 aliphatic rings. The Morgan fingerprint density at radius 1 is 1.03 bits per heavy atom. The molecule has 0 bridgehead atoms. The third kappa shape index (κ3) is 3.89. The molecule has 0 saturated carbocycles. The normalized spacial score (nSPS) is 16.7. The van der Waals surface area contributed by atoms with Crippen molar-refractivity contribution < 1.29 is 9.90 Å². The van der Waals surface area contributed by atoms with Crippen LogP contribution in [0.2, 0.25) is 23.7 Å². The zero-order valence-corrected chi connectivity index (χ0v) is 20.3. The van der Waals surface area contributed by atoms with Crippen molar-refractivity contribution in [2.24, 2.45) is 0 Å². The van der Waals surface area contributed by atoms with Crippen molar-refractivity contribution >= 4 is 14.0 Å². The van der Waals surface area contributed by atoms with E-state index in [-0.39, 0.29) is 0 Å². The molecule has 1 N–H and O–H groups in total. The highest BCUT2D eigenvalue weighted by Gasteiger charge is 2.43. The number of rotatable bonds is 4. The van der Waals surface area contributed by atoms with E-state index in [1.54, 1.807) is 12.1 Å². The summed E-state index contributed by atoms with van der Waals surface area (Å²) in [5.74, 6) is -0.887. The maximum atomic E-state index is 11.6. The van der Waals surface area contributed by atoms with Gasteiger partial charge in [0.1, 0.15) is 0 Å². The van der Waals surface area contributed by atoms with Crippen LogP contribution in [0.3, 0.4) is 0 Å². The largest absolute Gasteiger partial charge is 0.478 e. The van der Waals surface area contributed by atoms with Crippen LogP contribution in [0, 0.1) is 0 Å². The molecule has 2 aromatic carbocycles. The highest BCUT2D eigenvalue weighted by molar-refractivity contribution is 6.81. The van der Waals surface area contributed by atoms with E-state index < -0.39 is 14.0 Å². The minimum atomic E-state index is -1.45. The lowest BCUT2D eigenvalue weighted by atomic mass is 9.97. The van der Waals surface area contributed by atoms with E-state index in [4.69, 9.17) is 0 Å². The summed E-state index contributed by atoms with van der Waals surface area (Å²) in [7, 11) is -1.45. The summed E-state index contributed by atoms with van der Waals surface area (Å²) < 4.78 is 2.30. The van der Waals surface area contributed by atoms with Gasteiger partial charge in [0.15, 0.2) is 0 Å². The van der Waals surface area contributed by atoms with Gasteiger partial charge in [-0.3, -0.25) is 0 Å². The maximum Gasteiger partial charge on any atom is 0.335 e. The Morgan fingerprint density at radius 2 is 1.74 bits per heavy atom. The third-order valence-electron chi connectivity index (χ3n) is 7.76. The second-order valence-corrected chi connectivity index (χ2v) is 16.2. The topological polar surface area (TPSA) is 42.2 Å². The summed E-state index contributed by atoms with van der Waals surface area (Å²) in [6, 6.07) is 20.2. The van der Waals surface area contributed by atoms with Crippen molar-refractivity contribution in [2.75, 3.05) is 0 Å². The van der Waals surface area contributed by atoms with Gasteiger partial charge in [-0.1, -0.05) is 70.3 Å². The molecule has 0 aliphatic heterocycles. The number of nitrogens with zero attached hydrogens (tertiary/aromatic N) is 1. The number of benzene rings is 2. The number of hydrogen-bond acceptors (Lipinski definition) is 1. The Kier molecular flexibility index (Phi) is 5.46. The molecule has 162 valence electrons. The molecule has 4 heteroatoms. The van der Waals surface area contributed by atoms with Crippen LogP contribution < -0.4 is 0 Å². The van der Waals surface area contributed by atoms with Gasteiger partial charge in [-0.2, -0.15) is 0 Å². The lowest BCUT2D eigenvalue weighted by Crippen LogP contribution is -2.44. The number of carbonyl (C=O) groups is 1. The van der Waals surface area contributed by atoms with Crippen molar-refractivity contribution in [3.8, 4) is 16.9 Å². The van der Waals surface area contributed by atoms with Crippen LogP contribution in [-0.4, -0.2) is 23.7 Å². The fourth-order valence-corrected chi connectivity index (χ4v) is 7.67. The number of fused-ring (bicyclic) bond motifs is 1. The van der Waals surface area contributed by atoms with Gasteiger partial charge >= 0.3 is 5.97 Å². The van der Waals surface area contributed by atoms with Gasteiger partial charge in [0.25, 0.3) is 0 Å². The molecule has 31 heavy (non-hydrogen) atoms. The summed E-state index contributed by atoms with van der Waals surface area (Å²) >= 11 is 0. The second kappa shape index (κ2) is 7.83. The van der Waals surface area contributed by atoms with Crippen LogP contribution in [0.4, 0.5) is 0 Å². The van der Waals surface area contributed by atoms with Crippen LogP contribution in [0.25, 0.3) is 16.9 Å². The van der Waals surface area contributed by atoms with Gasteiger partial charge < -0.3 is 9.67 Å². The smallest absolute Gasteiger partial charge is 0.335 e. The van der Waals surface area contributed by atoms with Gasteiger partial charge in [0, 0.05) is 11.4 Å². The van der Waals surface area contributed by atoms with E-state index >= 15 is 0 Å². The van der Waals surface area contributed by atoms with E-state index in [0.29, 0.717) is 10.6 Å². The third-order valence-corrected chi connectivity index (χ3v) is 14.2. The summed E-state index contributed by atoms with van der Waals surface area (Å²) in [6.45, 7) is 12.3. The average molecular weight is 432 g/mol. The maximum absolute atomic E-state index is 11.6. The molecule has 0 radical (unpaired) electrons. The fourth-order valence-electron chi connectivity index (χ4n) is 4.85. The Morgan fingerprint density at radius 3 is 2.39 bits per heavy atom. The van der Waals surface area contributed by atoms with Gasteiger partial charge in [-0.15, -0.1) is 0 Å². The number of carboxylic acid groups (broad SMARTS) is 1.